The zero-order chi connectivity index (χ0) is 31.6. The summed E-state index contributed by atoms with van der Waals surface area (Å²) in [6, 6.07) is 0. The molecule has 0 heterocycles. The van der Waals surface area contributed by atoms with E-state index in [9.17, 15) is 42.3 Å². The van der Waals surface area contributed by atoms with Crippen molar-refractivity contribution in [3.05, 3.63) is 23.8 Å². The molecule has 3 fully saturated rings. The number of hydrogen-bond acceptors (Lipinski definition) is 8. The number of hydrogen-bond donors (Lipinski definition) is 1. The van der Waals surface area contributed by atoms with E-state index in [1.807, 2.05) is 0 Å². The van der Waals surface area contributed by atoms with Gasteiger partial charge in [0.05, 0.1) is 5.75 Å². The predicted octanol–water partition coefficient (Wildman–Crippen LogP) is 4.70. The summed E-state index contributed by atoms with van der Waals surface area (Å²) >= 11 is 0.328. The maximum absolute atomic E-state index is 17.9. The smallest absolute Gasteiger partial charge is 0.481 e. The fourth-order valence-electron chi connectivity index (χ4n) is 7.99. The Labute approximate surface area is 242 Å². The van der Waals surface area contributed by atoms with Gasteiger partial charge in [0.2, 0.25) is 5.12 Å². The van der Waals surface area contributed by atoms with Gasteiger partial charge in [0.25, 0.3) is 0 Å². The summed E-state index contributed by atoms with van der Waals surface area (Å²) in [5.41, 5.74) is -9.03. The van der Waals surface area contributed by atoms with Crippen LogP contribution in [-0.2, 0) is 33.4 Å². The van der Waals surface area contributed by atoms with Crippen LogP contribution >= 0.6 is 11.8 Å². The van der Waals surface area contributed by atoms with Crippen LogP contribution in [0.25, 0.3) is 0 Å². The van der Waals surface area contributed by atoms with Gasteiger partial charge in [-0.2, -0.15) is 13.2 Å². The highest BCUT2D eigenvalue weighted by atomic mass is 32.2. The lowest BCUT2D eigenvalue weighted by molar-refractivity contribution is -0.252. The fraction of sp³-hybridized carbons (Fsp3) is 0.679. The molecule has 4 aliphatic carbocycles. The molecule has 8 nitrogen and oxygen atoms in total. The van der Waals surface area contributed by atoms with Crippen LogP contribution in [0.4, 0.5) is 22.0 Å². The summed E-state index contributed by atoms with van der Waals surface area (Å²) in [6.07, 6.45) is -8.30. The average Bonchev–Trinajstić information content (AvgIpc) is 3.11. The standard InChI is InChI=1S/C28H31F5O8S/c1-5-21(37)41-27(23(39)42-12-20(35)36)13(2)8-15-16-10-18(29)17-9-14(34)6-7-24(17,3)26(16,30)19(11-25(15,27)4)40-22(38)28(31,32)33/h6-7,9,13,15-16,18-19H,5,8,10-12H2,1-4H3,(H,35,36)/t13-,15?,16?,18+,19+,24+,25+,26+,27+/m1/s1. The quantitative estimate of drug-likeness (QED) is 0.332. The van der Waals surface area contributed by atoms with Crippen molar-refractivity contribution in [3.8, 4) is 0 Å². The molecule has 0 radical (unpaired) electrons. The molecule has 232 valence electrons. The summed E-state index contributed by atoms with van der Waals surface area (Å²) in [7, 11) is 0. The van der Waals surface area contributed by atoms with Gasteiger partial charge < -0.3 is 14.6 Å². The molecule has 9 atom stereocenters. The number of halogens is 5. The van der Waals surface area contributed by atoms with Gasteiger partial charge in [0, 0.05) is 29.1 Å². The summed E-state index contributed by atoms with van der Waals surface area (Å²) in [5, 5.41) is 8.30. The topological polar surface area (TPSA) is 124 Å². The zero-order valence-electron chi connectivity index (χ0n) is 23.3. The molecule has 1 N–H and O–H groups in total. The van der Waals surface area contributed by atoms with Crippen molar-refractivity contribution in [3.63, 3.8) is 0 Å². The van der Waals surface area contributed by atoms with E-state index in [-0.39, 0.29) is 18.4 Å². The van der Waals surface area contributed by atoms with Gasteiger partial charge in [0.1, 0.15) is 12.3 Å². The van der Waals surface area contributed by atoms with Crippen molar-refractivity contribution < 1.29 is 60.5 Å². The van der Waals surface area contributed by atoms with E-state index >= 15 is 8.78 Å². The molecule has 0 aliphatic heterocycles. The fourth-order valence-corrected chi connectivity index (χ4v) is 8.94. The van der Waals surface area contributed by atoms with E-state index in [0.717, 1.165) is 18.2 Å². The number of allylic oxidation sites excluding steroid dienone is 4. The third-order valence-electron chi connectivity index (χ3n) is 9.82. The first kappa shape index (κ1) is 32.2. The van der Waals surface area contributed by atoms with Crippen LogP contribution < -0.4 is 0 Å². The van der Waals surface area contributed by atoms with E-state index in [0.29, 0.717) is 11.8 Å². The van der Waals surface area contributed by atoms with Crippen molar-refractivity contribution in [2.75, 3.05) is 5.75 Å². The summed E-state index contributed by atoms with van der Waals surface area (Å²) in [4.78, 5) is 62.2. The number of carboxylic acid groups (broad SMARTS) is 1. The molecule has 3 saturated carbocycles. The van der Waals surface area contributed by atoms with Gasteiger partial charge in [-0.15, -0.1) is 0 Å². The highest BCUT2D eigenvalue weighted by Crippen LogP contribution is 2.72. The van der Waals surface area contributed by atoms with E-state index in [1.165, 1.54) is 27.7 Å². The molecule has 14 heteroatoms. The van der Waals surface area contributed by atoms with Crippen LogP contribution in [0, 0.1) is 28.6 Å². The van der Waals surface area contributed by atoms with Crippen molar-refractivity contribution >= 4 is 40.6 Å². The maximum Gasteiger partial charge on any atom is 0.490 e. The van der Waals surface area contributed by atoms with Crippen LogP contribution in [0.1, 0.15) is 53.4 Å². The van der Waals surface area contributed by atoms with Crippen molar-refractivity contribution in [1.82, 2.24) is 0 Å². The SMILES string of the molecule is CCC(=O)O[C@]1(C(=O)SCC(=O)O)[C@H](C)CC2C3C[C@H](F)C4=CC(=O)C=C[C@]4(C)[C@@]3(F)[C@@H](OC(=O)C(F)(F)F)C[C@@]21C. The largest absolute Gasteiger partial charge is 0.490 e. The molecule has 0 bridgehead atoms. The lowest BCUT2D eigenvalue weighted by atomic mass is 9.44. The molecule has 0 aromatic carbocycles. The minimum absolute atomic E-state index is 0.0341. The first-order valence-corrected chi connectivity index (χ1v) is 14.4. The summed E-state index contributed by atoms with van der Waals surface area (Å²) < 4.78 is 84.9. The molecule has 4 rings (SSSR count). The zero-order valence-corrected chi connectivity index (χ0v) is 24.1. The number of carboxylic acids is 1. The van der Waals surface area contributed by atoms with Crippen LogP contribution in [-0.4, -0.2) is 69.4 Å². The number of rotatable bonds is 6. The minimum Gasteiger partial charge on any atom is -0.481 e. The molecule has 0 spiro atoms. The second-order valence-corrected chi connectivity index (χ2v) is 12.9. The molecule has 0 saturated heterocycles. The lowest BCUT2D eigenvalue weighted by Gasteiger charge is -2.63. The van der Waals surface area contributed by atoms with Crippen molar-refractivity contribution in [2.45, 2.75) is 83.1 Å². The predicted molar refractivity (Wildman–Crippen MR) is 137 cm³/mol. The van der Waals surface area contributed by atoms with Crippen LogP contribution in [0.3, 0.4) is 0 Å². The van der Waals surface area contributed by atoms with E-state index in [1.54, 1.807) is 0 Å². The Morgan fingerprint density at radius 3 is 2.36 bits per heavy atom. The molecular formula is C28H31F5O8S. The molecule has 4 aliphatic rings. The van der Waals surface area contributed by atoms with Crippen molar-refractivity contribution in [1.29, 1.82) is 0 Å². The number of thioether (sulfide) groups is 1. The normalized spacial score (nSPS) is 40.7. The van der Waals surface area contributed by atoms with Gasteiger partial charge in [0.15, 0.2) is 17.1 Å². The second-order valence-electron chi connectivity index (χ2n) is 11.9. The Morgan fingerprint density at radius 1 is 1.14 bits per heavy atom. The number of esters is 2. The van der Waals surface area contributed by atoms with Crippen LogP contribution in [0.2, 0.25) is 0 Å². The molecule has 0 amide bonds. The number of carbonyl (C=O) groups is 5. The van der Waals surface area contributed by atoms with E-state index in [2.05, 4.69) is 0 Å². The summed E-state index contributed by atoms with van der Waals surface area (Å²) in [6.45, 7) is 5.59. The molecule has 42 heavy (non-hydrogen) atoms. The Hall–Kier alpha value is -2.77. The summed E-state index contributed by atoms with van der Waals surface area (Å²) in [5.74, 6) is -9.64. The first-order valence-electron chi connectivity index (χ1n) is 13.5. The van der Waals surface area contributed by atoms with Gasteiger partial charge in [-0.1, -0.05) is 38.6 Å². The van der Waals surface area contributed by atoms with Gasteiger partial charge in [-0.3, -0.25) is 19.2 Å². The van der Waals surface area contributed by atoms with Crippen LogP contribution in [0.5, 0.6) is 0 Å². The highest BCUT2D eigenvalue weighted by Gasteiger charge is 2.79. The van der Waals surface area contributed by atoms with E-state index in [4.69, 9.17) is 9.47 Å². The number of alkyl halides is 5. The first-order chi connectivity index (χ1) is 19.3. The number of ketones is 1. The van der Waals surface area contributed by atoms with Gasteiger partial charge in [-0.25, -0.2) is 13.6 Å². The van der Waals surface area contributed by atoms with Gasteiger partial charge in [-0.05, 0) is 49.8 Å². The second kappa shape index (κ2) is 10.4. The number of aliphatic carboxylic acids is 1. The minimum atomic E-state index is -5.53. The lowest BCUT2D eigenvalue weighted by Crippen LogP contribution is -2.71. The molecule has 2 unspecified atom stereocenters. The van der Waals surface area contributed by atoms with Crippen molar-refractivity contribution in [2.24, 2.45) is 28.6 Å². The Balaban J connectivity index is 1.95. The average molecular weight is 623 g/mol. The third kappa shape index (κ3) is 4.50. The molecule has 0 aromatic heterocycles. The Kier molecular flexibility index (Phi) is 7.99. The highest BCUT2D eigenvalue weighted by molar-refractivity contribution is 8.14. The van der Waals surface area contributed by atoms with Gasteiger partial charge >= 0.3 is 24.1 Å². The Morgan fingerprint density at radius 2 is 1.79 bits per heavy atom. The molecular weight excluding hydrogens is 591 g/mol. The number of fused-ring (bicyclic) bond motifs is 5. The maximum atomic E-state index is 17.9. The van der Waals surface area contributed by atoms with E-state index < -0.39 is 106 Å². The third-order valence-corrected chi connectivity index (χ3v) is 10.8. The monoisotopic (exact) mass is 622 g/mol. The Bertz CT molecular complexity index is 1280. The van der Waals surface area contributed by atoms with Crippen LogP contribution in [0.15, 0.2) is 23.8 Å². The number of ether oxygens (including phenoxy) is 2. The molecule has 0 aromatic rings. The number of carbonyl (C=O) groups excluding carboxylic acids is 4.